The summed E-state index contributed by atoms with van der Waals surface area (Å²) in [5, 5.41) is 3.32. The number of anilines is 1. The Balaban J connectivity index is 1.08. The highest BCUT2D eigenvalue weighted by atomic mass is 19.1. The third-order valence-corrected chi connectivity index (χ3v) is 7.17. The fraction of sp³-hybridized carbons (Fsp3) is 0.393. The summed E-state index contributed by atoms with van der Waals surface area (Å²) in [5.74, 6) is 0.831. The third-order valence-electron chi connectivity index (χ3n) is 7.17. The van der Waals surface area contributed by atoms with Crippen LogP contribution in [0.25, 0.3) is 11.3 Å². The molecule has 0 bridgehead atoms. The Labute approximate surface area is 206 Å². The molecule has 35 heavy (non-hydrogen) atoms. The van der Waals surface area contributed by atoms with Gasteiger partial charge in [-0.3, -0.25) is 9.69 Å². The summed E-state index contributed by atoms with van der Waals surface area (Å²) in [6.45, 7) is 4.58. The Hall–Kier alpha value is -3.32. The normalized spacial score (nSPS) is 17.9. The minimum Gasteiger partial charge on any atom is -0.356 e. The zero-order valence-electron chi connectivity index (χ0n) is 19.9. The Morgan fingerprint density at radius 2 is 1.63 bits per heavy atom. The van der Waals surface area contributed by atoms with Gasteiger partial charge in [0.1, 0.15) is 18.0 Å². The molecule has 0 atom stereocenters. The predicted molar refractivity (Wildman–Crippen MR) is 135 cm³/mol. The Kier molecular flexibility index (Phi) is 7.33. The van der Waals surface area contributed by atoms with Crippen LogP contribution >= 0.6 is 0 Å². The number of amides is 1. The van der Waals surface area contributed by atoms with E-state index in [0.29, 0.717) is 0 Å². The van der Waals surface area contributed by atoms with Crippen molar-refractivity contribution < 1.29 is 9.18 Å². The van der Waals surface area contributed by atoms with Crippen molar-refractivity contribution in [2.24, 2.45) is 5.92 Å². The second kappa shape index (κ2) is 11.0. The molecule has 0 unspecified atom stereocenters. The molecule has 1 amide bonds. The minimum absolute atomic E-state index is 0.0482. The number of hydrogen-bond donors (Lipinski definition) is 1. The average Bonchev–Trinajstić information content (AvgIpc) is 2.91. The van der Waals surface area contributed by atoms with Crippen molar-refractivity contribution in [2.75, 3.05) is 31.1 Å². The number of rotatable bonds is 6. The Morgan fingerprint density at radius 1 is 0.914 bits per heavy atom. The lowest BCUT2D eigenvalue weighted by molar-refractivity contribution is -0.126. The van der Waals surface area contributed by atoms with Crippen molar-refractivity contribution in [3.63, 3.8) is 0 Å². The topological polar surface area (TPSA) is 61.4 Å². The SMILES string of the molecule is O=C(NC1CCN(Cc2ccccc2)CC1)C1CCN(c2cc(-c3ccc(F)cc3)ncn2)CC1. The fourth-order valence-electron chi connectivity index (χ4n) is 5.07. The van der Waals surface area contributed by atoms with Crippen molar-refractivity contribution >= 4 is 11.7 Å². The summed E-state index contributed by atoms with van der Waals surface area (Å²) < 4.78 is 13.2. The van der Waals surface area contributed by atoms with Crippen LogP contribution in [-0.4, -0.2) is 53.0 Å². The van der Waals surface area contributed by atoms with Crippen LogP contribution in [0.15, 0.2) is 67.0 Å². The maximum Gasteiger partial charge on any atom is 0.223 e. The Bertz CT molecular complexity index is 1110. The molecule has 3 aromatic rings. The summed E-state index contributed by atoms with van der Waals surface area (Å²) in [6, 6.07) is 19.1. The predicted octanol–water partition coefficient (Wildman–Crippen LogP) is 4.28. The van der Waals surface area contributed by atoms with Crippen molar-refractivity contribution in [2.45, 2.75) is 38.3 Å². The second-order valence-electron chi connectivity index (χ2n) is 9.57. The van der Waals surface area contributed by atoms with E-state index in [9.17, 15) is 9.18 Å². The molecule has 0 spiro atoms. The van der Waals surface area contributed by atoms with E-state index >= 15 is 0 Å². The van der Waals surface area contributed by atoms with Gasteiger partial charge in [-0.1, -0.05) is 30.3 Å². The molecular weight excluding hydrogens is 441 g/mol. The summed E-state index contributed by atoms with van der Waals surface area (Å²) in [6.07, 6.45) is 5.19. The molecule has 5 rings (SSSR count). The molecule has 7 heteroatoms. The van der Waals surface area contributed by atoms with E-state index in [0.717, 1.165) is 75.5 Å². The summed E-state index contributed by atoms with van der Waals surface area (Å²) in [4.78, 5) is 26.4. The standard InChI is InChI=1S/C28H32FN5O/c29-24-8-6-22(7-9-24)26-18-27(31-20-30-26)34-16-10-23(11-17-34)28(35)32-25-12-14-33(15-13-25)19-21-4-2-1-3-5-21/h1-9,18,20,23,25H,10-17,19H2,(H,32,35). The van der Waals surface area contributed by atoms with E-state index in [1.165, 1.54) is 17.7 Å². The minimum atomic E-state index is -0.263. The first-order valence-electron chi connectivity index (χ1n) is 12.5. The lowest BCUT2D eigenvalue weighted by Crippen LogP contribution is -2.48. The summed E-state index contributed by atoms with van der Waals surface area (Å²) >= 11 is 0. The number of carbonyl (C=O) groups excluding carboxylic acids is 1. The lowest BCUT2D eigenvalue weighted by atomic mass is 9.94. The first kappa shape index (κ1) is 23.4. The number of carbonyl (C=O) groups is 1. The molecular formula is C28H32FN5O. The molecule has 2 aliphatic rings. The number of benzene rings is 2. The lowest BCUT2D eigenvalue weighted by Gasteiger charge is -2.35. The molecule has 0 radical (unpaired) electrons. The first-order chi connectivity index (χ1) is 17.1. The maximum absolute atomic E-state index is 13.2. The van der Waals surface area contributed by atoms with Crippen LogP contribution in [-0.2, 0) is 11.3 Å². The molecule has 0 saturated carbocycles. The largest absolute Gasteiger partial charge is 0.356 e. The molecule has 182 valence electrons. The van der Waals surface area contributed by atoms with Crippen LogP contribution in [0.3, 0.4) is 0 Å². The van der Waals surface area contributed by atoms with Crippen molar-refractivity contribution in [1.29, 1.82) is 0 Å². The van der Waals surface area contributed by atoms with Gasteiger partial charge in [0, 0.05) is 56.3 Å². The number of hydrogen-bond acceptors (Lipinski definition) is 5. The highest BCUT2D eigenvalue weighted by Crippen LogP contribution is 2.26. The quantitative estimate of drug-likeness (QED) is 0.579. The summed E-state index contributed by atoms with van der Waals surface area (Å²) in [5.41, 5.74) is 2.97. The van der Waals surface area contributed by atoms with E-state index in [1.54, 1.807) is 18.5 Å². The van der Waals surface area contributed by atoms with Gasteiger partial charge in [-0.15, -0.1) is 0 Å². The maximum atomic E-state index is 13.2. The van der Waals surface area contributed by atoms with Crippen molar-refractivity contribution in [1.82, 2.24) is 20.2 Å². The molecule has 3 heterocycles. The van der Waals surface area contributed by atoms with Gasteiger partial charge < -0.3 is 10.2 Å². The van der Waals surface area contributed by atoms with Crippen LogP contribution in [0.1, 0.15) is 31.2 Å². The zero-order chi connectivity index (χ0) is 24.0. The van der Waals surface area contributed by atoms with Gasteiger partial charge in [-0.2, -0.15) is 0 Å². The molecule has 2 fully saturated rings. The van der Waals surface area contributed by atoms with Crippen LogP contribution in [0, 0.1) is 11.7 Å². The zero-order valence-corrected chi connectivity index (χ0v) is 19.9. The van der Waals surface area contributed by atoms with Gasteiger partial charge in [0.15, 0.2) is 0 Å². The highest BCUT2D eigenvalue weighted by molar-refractivity contribution is 5.79. The summed E-state index contributed by atoms with van der Waals surface area (Å²) in [7, 11) is 0. The average molecular weight is 474 g/mol. The number of nitrogens with zero attached hydrogens (tertiary/aromatic N) is 4. The molecule has 1 N–H and O–H groups in total. The molecule has 2 saturated heterocycles. The first-order valence-corrected chi connectivity index (χ1v) is 12.5. The van der Waals surface area contributed by atoms with Crippen LogP contribution in [0.2, 0.25) is 0 Å². The smallest absolute Gasteiger partial charge is 0.223 e. The third kappa shape index (κ3) is 6.03. The van der Waals surface area contributed by atoms with Gasteiger partial charge in [0.05, 0.1) is 5.69 Å². The number of likely N-dealkylation sites (tertiary alicyclic amines) is 1. The molecule has 1 aromatic heterocycles. The van der Waals surface area contributed by atoms with E-state index < -0.39 is 0 Å². The van der Waals surface area contributed by atoms with E-state index in [-0.39, 0.29) is 23.7 Å². The highest BCUT2D eigenvalue weighted by Gasteiger charge is 2.28. The van der Waals surface area contributed by atoms with Crippen molar-refractivity contribution in [3.05, 3.63) is 78.4 Å². The molecule has 6 nitrogen and oxygen atoms in total. The number of halogens is 1. The van der Waals surface area contributed by atoms with E-state index in [2.05, 4.69) is 55.4 Å². The number of aromatic nitrogens is 2. The van der Waals surface area contributed by atoms with Gasteiger partial charge >= 0.3 is 0 Å². The fourth-order valence-corrected chi connectivity index (χ4v) is 5.07. The van der Waals surface area contributed by atoms with Crippen LogP contribution in [0.5, 0.6) is 0 Å². The van der Waals surface area contributed by atoms with Crippen LogP contribution < -0.4 is 10.2 Å². The molecule has 0 aliphatic carbocycles. The monoisotopic (exact) mass is 473 g/mol. The number of nitrogens with one attached hydrogen (secondary N) is 1. The number of piperidine rings is 2. The van der Waals surface area contributed by atoms with E-state index in [1.807, 2.05) is 6.07 Å². The molecule has 2 aliphatic heterocycles. The van der Waals surface area contributed by atoms with E-state index in [4.69, 9.17) is 0 Å². The van der Waals surface area contributed by atoms with Crippen molar-refractivity contribution in [3.8, 4) is 11.3 Å². The van der Waals surface area contributed by atoms with Gasteiger partial charge in [0.2, 0.25) is 5.91 Å². The van der Waals surface area contributed by atoms with Gasteiger partial charge in [0.25, 0.3) is 0 Å². The molecule has 2 aromatic carbocycles. The second-order valence-corrected chi connectivity index (χ2v) is 9.57. The van der Waals surface area contributed by atoms with Gasteiger partial charge in [-0.05, 0) is 55.5 Å². The van der Waals surface area contributed by atoms with Crippen LogP contribution in [0.4, 0.5) is 10.2 Å². The van der Waals surface area contributed by atoms with Gasteiger partial charge in [-0.25, -0.2) is 14.4 Å². The Morgan fingerprint density at radius 3 is 2.34 bits per heavy atom.